The number of hydrogen-bond donors (Lipinski definition) is 1. The number of carbonyl (C=O) groups excluding carboxylic acids is 1. The lowest BCUT2D eigenvalue weighted by atomic mass is 10.0. The minimum absolute atomic E-state index is 0.167. The maximum atomic E-state index is 13.1. The van der Waals surface area contributed by atoms with E-state index in [1.807, 2.05) is 0 Å². The van der Waals surface area contributed by atoms with Gasteiger partial charge in [0.2, 0.25) is 0 Å². The van der Waals surface area contributed by atoms with Gasteiger partial charge in [-0.3, -0.25) is 0 Å². The molecule has 1 aliphatic rings. The Balaban J connectivity index is 1.71. The van der Waals surface area contributed by atoms with Crippen LogP contribution in [0.4, 0.5) is 22.4 Å². The molecule has 7 heteroatoms. The summed E-state index contributed by atoms with van der Waals surface area (Å²) in [6.45, 7) is 2.19. The zero-order chi connectivity index (χ0) is 19.6. The lowest BCUT2D eigenvalue weighted by molar-refractivity contribution is -0.137. The lowest BCUT2D eigenvalue weighted by Crippen LogP contribution is -2.40. The number of amides is 2. The summed E-state index contributed by atoms with van der Waals surface area (Å²) in [5, 5.41) is 2.77. The highest BCUT2D eigenvalue weighted by Gasteiger charge is 2.32. The Kier molecular flexibility index (Phi) is 5.39. The van der Waals surface area contributed by atoms with Gasteiger partial charge in [0.15, 0.2) is 0 Å². The molecule has 2 unspecified atom stereocenters. The number of halogens is 4. The van der Waals surface area contributed by atoms with Crippen molar-refractivity contribution in [1.82, 2.24) is 10.2 Å². The van der Waals surface area contributed by atoms with Crippen LogP contribution in [0.5, 0.6) is 0 Å². The third-order valence-corrected chi connectivity index (χ3v) is 4.82. The van der Waals surface area contributed by atoms with Gasteiger partial charge in [0.1, 0.15) is 5.82 Å². The predicted molar refractivity (Wildman–Crippen MR) is 93.5 cm³/mol. The largest absolute Gasteiger partial charge is 0.416 e. The normalized spacial score (nSPS) is 18.4. The molecule has 3 rings (SSSR count). The lowest BCUT2D eigenvalue weighted by Gasteiger charge is -2.27. The molecule has 1 saturated heterocycles. The van der Waals surface area contributed by atoms with E-state index in [2.05, 4.69) is 5.32 Å². The number of hydrogen-bond acceptors (Lipinski definition) is 1. The molecule has 27 heavy (non-hydrogen) atoms. The van der Waals surface area contributed by atoms with E-state index in [1.165, 1.54) is 18.2 Å². The second-order valence-corrected chi connectivity index (χ2v) is 6.70. The van der Waals surface area contributed by atoms with E-state index < -0.39 is 17.8 Å². The van der Waals surface area contributed by atoms with Crippen LogP contribution in [0, 0.1) is 5.82 Å². The van der Waals surface area contributed by atoms with Crippen molar-refractivity contribution in [1.29, 1.82) is 0 Å². The van der Waals surface area contributed by atoms with Gasteiger partial charge in [-0.25, -0.2) is 9.18 Å². The van der Waals surface area contributed by atoms with E-state index in [9.17, 15) is 22.4 Å². The van der Waals surface area contributed by atoms with Gasteiger partial charge in [0.05, 0.1) is 17.6 Å². The van der Waals surface area contributed by atoms with E-state index in [0.29, 0.717) is 12.1 Å². The van der Waals surface area contributed by atoms with Gasteiger partial charge >= 0.3 is 12.2 Å². The number of likely N-dealkylation sites (tertiary alicyclic amines) is 1. The van der Waals surface area contributed by atoms with Gasteiger partial charge in [0.25, 0.3) is 0 Å². The van der Waals surface area contributed by atoms with E-state index in [0.717, 1.165) is 30.5 Å². The maximum absolute atomic E-state index is 13.1. The van der Waals surface area contributed by atoms with Crippen LogP contribution in [-0.4, -0.2) is 17.5 Å². The molecule has 2 aromatic carbocycles. The van der Waals surface area contributed by atoms with Crippen molar-refractivity contribution in [2.45, 2.75) is 38.0 Å². The molecule has 2 aromatic rings. The zero-order valence-electron chi connectivity index (χ0n) is 14.8. The summed E-state index contributed by atoms with van der Waals surface area (Å²) in [6, 6.07) is 9.88. The van der Waals surface area contributed by atoms with Crippen molar-refractivity contribution in [2.24, 2.45) is 0 Å². The fourth-order valence-corrected chi connectivity index (χ4v) is 3.38. The molecule has 2 amide bonds. The SMILES string of the molecule is CC(NC(=O)N1CCCC1c1ccc(F)cc1)c1cccc(C(F)(F)F)c1. The minimum atomic E-state index is -4.43. The van der Waals surface area contributed by atoms with E-state index in [-0.39, 0.29) is 17.9 Å². The van der Waals surface area contributed by atoms with Crippen LogP contribution < -0.4 is 5.32 Å². The number of nitrogens with zero attached hydrogens (tertiary/aromatic N) is 1. The van der Waals surface area contributed by atoms with Gasteiger partial charge in [0, 0.05) is 6.54 Å². The fourth-order valence-electron chi connectivity index (χ4n) is 3.38. The van der Waals surface area contributed by atoms with E-state index in [1.54, 1.807) is 30.0 Å². The van der Waals surface area contributed by atoms with Crippen molar-refractivity contribution in [3.05, 3.63) is 71.0 Å². The Morgan fingerprint density at radius 1 is 1.19 bits per heavy atom. The Labute approximate surface area is 155 Å². The Hall–Kier alpha value is -2.57. The number of rotatable bonds is 3. The third kappa shape index (κ3) is 4.40. The van der Waals surface area contributed by atoms with Crippen molar-refractivity contribution in [3.8, 4) is 0 Å². The Morgan fingerprint density at radius 2 is 1.89 bits per heavy atom. The van der Waals surface area contributed by atoms with Crippen molar-refractivity contribution in [3.63, 3.8) is 0 Å². The number of carbonyl (C=O) groups is 1. The second kappa shape index (κ2) is 7.58. The zero-order valence-corrected chi connectivity index (χ0v) is 14.8. The highest BCUT2D eigenvalue weighted by molar-refractivity contribution is 5.75. The van der Waals surface area contributed by atoms with Gasteiger partial charge < -0.3 is 10.2 Å². The molecule has 0 saturated carbocycles. The summed E-state index contributed by atoms with van der Waals surface area (Å²) in [4.78, 5) is 14.3. The molecule has 0 aromatic heterocycles. The van der Waals surface area contributed by atoms with Crippen LogP contribution in [0.3, 0.4) is 0 Å². The average molecular weight is 380 g/mol. The standard InChI is InChI=1S/C20H20F4N2O/c1-13(15-4-2-5-16(12-15)20(22,23)24)25-19(27)26-11-3-6-18(26)14-7-9-17(21)10-8-14/h2,4-5,7-10,12-13,18H,3,6,11H2,1H3,(H,25,27). The van der Waals surface area contributed by atoms with Crippen LogP contribution in [0.15, 0.2) is 48.5 Å². The smallest absolute Gasteiger partial charge is 0.331 e. The number of benzene rings is 2. The van der Waals surface area contributed by atoms with Crippen LogP contribution in [0.1, 0.15) is 48.5 Å². The highest BCUT2D eigenvalue weighted by atomic mass is 19.4. The number of nitrogens with one attached hydrogen (secondary N) is 1. The molecule has 1 fully saturated rings. The molecule has 3 nitrogen and oxygen atoms in total. The van der Waals surface area contributed by atoms with Gasteiger partial charge in [-0.1, -0.05) is 24.3 Å². The van der Waals surface area contributed by atoms with Crippen molar-refractivity contribution >= 4 is 6.03 Å². The molecule has 0 aliphatic carbocycles. The Bertz CT molecular complexity index is 804. The Morgan fingerprint density at radius 3 is 2.56 bits per heavy atom. The van der Waals surface area contributed by atoms with E-state index >= 15 is 0 Å². The molecule has 1 heterocycles. The molecule has 2 atom stereocenters. The third-order valence-electron chi connectivity index (χ3n) is 4.82. The molecule has 1 N–H and O–H groups in total. The first-order chi connectivity index (χ1) is 12.8. The molecular formula is C20H20F4N2O. The molecule has 1 aliphatic heterocycles. The first kappa shape index (κ1) is 19.2. The van der Waals surface area contributed by atoms with Crippen molar-refractivity contribution < 1.29 is 22.4 Å². The monoisotopic (exact) mass is 380 g/mol. The molecule has 0 bridgehead atoms. The molecular weight excluding hydrogens is 360 g/mol. The van der Waals surface area contributed by atoms with Crippen LogP contribution >= 0.6 is 0 Å². The number of urea groups is 1. The quantitative estimate of drug-likeness (QED) is 0.706. The minimum Gasteiger partial charge on any atom is -0.331 e. The van der Waals surface area contributed by atoms with E-state index in [4.69, 9.17) is 0 Å². The highest BCUT2D eigenvalue weighted by Crippen LogP contribution is 2.33. The molecule has 144 valence electrons. The first-order valence-electron chi connectivity index (χ1n) is 8.75. The summed E-state index contributed by atoms with van der Waals surface area (Å²) in [7, 11) is 0. The van der Waals surface area contributed by atoms with Gasteiger partial charge in [-0.05, 0) is 55.2 Å². The maximum Gasteiger partial charge on any atom is 0.416 e. The summed E-state index contributed by atoms with van der Waals surface area (Å²) in [6.07, 6.45) is -2.85. The molecule has 0 spiro atoms. The number of alkyl halides is 3. The topological polar surface area (TPSA) is 32.3 Å². The fraction of sp³-hybridized carbons (Fsp3) is 0.350. The summed E-state index contributed by atoms with van der Waals surface area (Å²) < 4.78 is 51.8. The average Bonchev–Trinajstić information content (AvgIpc) is 3.11. The summed E-state index contributed by atoms with van der Waals surface area (Å²) >= 11 is 0. The van der Waals surface area contributed by atoms with Gasteiger partial charge in [-0.15, -0.1) is 0 Å². The first-order valence-corrected chi connectivity index (χ1v) is 8.75. The van der Waals surface area contributed by atoms with Crippen LogP contribution in [-0.2, 0) is 6.18 Å². The summed E-state index contributed by atoms with van der Waals surface area (Å²) in [5.74, 6) is -0.342. The van der Waals surface area contributed by atoms with Crippen LogP contribution in [0.2, 0.25) is 0 Å². The summed E-state index contributed by atoms with van der Waals surface area (Å²) in [5.41, 5.74) is 0.484. The van der Waals surface area contributed by atoms with Crippen molar-refractivity contribution in [2.75, 3.05) is 6.54 Å². The molecule has 0 radical (unpaired) electrons. The van der Waals surface area contributed by atoms with Crippen LogP contribution in [0.25, 0.3) is 0 Å². The predicted octanol–water partition coefficient (Wildman–Crippen LogP) is 5.45. The second-order valence-electron chi connectivity index (χ2n) is 6.70. The van der Waals surface area contributed by atoms with Gasteiger partial charge in [-0.2, -0.15) is 13.2 Å².